The Balaban J connectivity index is 1.96. The lowest BCUT2D eigenvalue weighted by atomic mass is 10.1. The first kappa shape index (κ1) is 18.9. The number of rotatable bonds is 6. The molecule has 7 heteroatoms. The van der Waals surface area contributed by atoms with Gasteiger partial charge in [-0.2, -0.15) is 0 Å². The lowest BCUT2D eigenvalue weighted by Crippen LogP contribution is -2.33. The van der Waals surface area contributed by atoms with E-state index in [9.17, 15) is 9.59 Å². The van der Waals surface area contributed by atoms with E-state index in [1.54, 1.807) is 41.3 Å². The predicted octanol–water partition coefficient (Wildman–Crippen LogP) is 3.64. The quantitative estimate of drug-likeness (QED) is 0.703. The number of amides is 1. The zero-order chi connectivity index (χ0) is 19.4. The number of H-pyrrole nitrogens is 1. The normalized spacial score (nSPS) is 10.8. The summed E-state index contributed by atoms with van der Waals surface area (Å²) in [5.74, 6) is 0.741. The second kappa shape index (κ2) is 8.22. The van der Waals surface area contributed by atoms with E-state index >= 15 is 0 Å². The number of ether oxygens (including phenoxy) is 1. The van der Waals surface area contributed by atoms with Crippen LogP contribution in [-0.2, 0) is 6.54 Å². The highest BCUT2D eigenvalue weighted by Crippen LogP contribution is 2.21. The third kappa shape index (κ3) is 4.11. The van der Waals surface area contributed by atoms with Crippen LogP contribution in [0.5, 0.6) is 5.75 Å². The lowest BCUT2D eigenvalue weighted by molar-refractivity contribution is 0.0735. The molecule has 1 amide bonds. The van der Waals surface area contributed by atoms with Gasteiger partial charge < -0.3 is 14.6 Å². The average molecular weight is 386 g/mol. The first-order chi connectivity index (χ1) is 13.0. The van der Waals surface area contributed by atoms with Gasteiger partial charge in [-0.15, -0.1) is 0 Å². The maximum atomic E-state index is 13.0. The zero-order valence-electron chi connectivity index (χ0n) is 15.2. The van der Waals surface area contributed by atoms with E-state index in [4.69, 9.17) is 16.3 Å². The smallest absolute Gasteiger partial charge is 0.258 e. The summed E-state index contributed by atoms with van der Waals surface area (Å²) in [5.41, 5.74) is 0.718. The molecule has 0 saturated heterocycles. The number of nitrogens with one attached hydrogen (secondary N) is 1. The van der Waals surface area contributed by atoms with Gasteiger partial charge in [0, 0.05) is 11.6 Å². The van der Waals surface area contributed by atoms with Gasteiger partial charge in [0.1, 0.15) is 11.6 Å². The van der Waals surface area contributed by atoms with E-state index in [0.717, 1.165) is 6.42 Å². The van der Waals surface area contributed by atoms with Crippen molar-refractivity contribution in [3.63, 3.8) is 0 Å². The van der Waals surface area contributed by atoms with Crippen LogP contribution < -0.4 is 10.3 Å². The highest BCUT2D eigenvalue weighted by molar-refractivity contribution is 6.31. The number of nitrogens with zero attached hydrogens (tertiary/aromatic N) is 2. The Morgan fingerprint density at radius 1 is 1.26 bits per heavy atom. The maximum Gasteiger partial charge on any atom is 0.258 e. The van der Waals surface area contributed by atoms with E-state index in [0.29, 0.717) is 39.6 Å². The molecule has 0 saturated carbocycles. The zero-order valence-corrected chi connectivity index (χ0v) is 15.9. The monoisotopic (exact) mass is 385 g/mol. The largest absolute Gasteiger partial charge is 0.496 e. The number of aromatic nitrogens is 2. The van der Waals surface area contributed by atoms with Gasteiger partial charge >= 0.3 is 0 Å². The van der Waals surface area contributed by atoms with Gasteiger partial charge in [0.25, 0.3) is 11.5 Å². The molecule has 1 heterocycles. The number of carbonyl (C=O) groups excluding carboxylic acids is 1. The summed E-state index contributed by atoms with van der Waals surface area (Å²) in [5, 5.41) is 0.961. The molecule has 140 valence electrons. The fraction of sp³-hybridized carbons (Fsp3) is 0.250. The molecular formula is C20H20ClN3O3. The van der Waals surface area contributed by atoms with Crippen LogP contribution in [0.4, 0.5) is 0 Å². The summed E-state index contributed by atoms with van der Waals surface area (Å²) in [6.07, 6.45) is 0.768. The molecule has 0 radical (unpaired) electrons. The highest BCUT2D eigenvalue weighted by atomic mass is 35.5. The molecule has 0 aliphatic heterocycles. The number of hydrogen-bond donors (Lipinski definition) is 1. The van der Waals surface area contributed by atoms with E-state index in [-0.39, 0.29) is 18.0 Å². The molecule has 2 aromatic carbocycles. The molecule has 1 aromatic heterocycles. The van der Waals surface area contributed by atoms with E-state index in [2.05, 4.69) is 9.97 Å². The fourth-order valence-electron chi connectivity index (χ4n) is 2.93. The molecule has 0 spiro atoms. The molecule has 0 bridgehead atoms. The minimum absolute atomic E-state index is 0.178. The molecule has 0 unspecified atom stereocenters. The van der Waals surface area contributed by atoms with Crippen molar-refractivity contribution in [3.05, 3.63) is 69.2 Å². The van der Waals surface area contributed by atoms with Crippen LogP contribution in [0.3, 0.4) is 0 Å². The Bertz CT molecular complexity index is 1030. The average Bonchev–Trinajstić information content (AvgIpc) is 2.66. The molecule has 27 heavy (non-hydrogen) atoms. The Hall–Kier alpha value is -2.86. The van der Waals surface area contributed by atoms with Crippen molar-refractivity contribution in [1.82, 2.24) is 14.9 Å². The third-order valence-corrected chi connectivity index (χ3v) is 4.41. The minimum Gasteiger partial charge on any atom is -0.496 e. The van der Waals surface area contributed by atoms with Gasteiger partial charge in [0.15, 0.2) is 0 Å². The summed E-state index contributed by atoms with van der Waals surface area (Å²) in [6, 6.07) is 12.0. The SMILES string of the molecule is CCCN(Cc1nc2cc(Cl)ccc2c(=O)[nH]1)C(=O)c1ccccc1OC. The number of fused-ring (bicyclic) bond motifs is 1. The Morgan fingerprint density at radius 2 is 2.04 bits per heavy atom. The summed E-state index contributed by atoms with van der Waals surface area (Å²) in [4.78, 5) is 34.2. The number of para-hydroxylation sites is 1. The molecule has 3 aromatic rings. The number of aromatic amines is 1. The molecule has 3 rings (SSSR count). The fourth-order valence-corrected chi connectivity index (χ4v) is 3.10. The molecule has 0 aliphatic rings. The summed E-state index contributed by atoms with van der Waals surface area (Å²) in [7, 11) is 1.53. The number of methoxy groups -OCH3 is 1. The molecule has 6 nitrogen and oxygen atoms in total. The lowest BCUT2D eigenvalue weighted by Gasteiger charge is -2.22. The van der Waals surface area contributed by atoms with Crippen LogP contribution in [0.25, 0.3) is 10.9 Å². The van der Waals surface area contributed by atoms with Gasteiger partial charge in [0.05, 0.1) is 30.1 Å². The highest BCUT2D eigenvalue weighted by Gasteiger charge is 2.20. The van der Waals surface area contributed by atoms with E-state index in [1.807, 2.05) is 13.0 Å². The summed E-state index contributed by atoms with van der Waals surface area (Å²) >= 11 is 6.01. The van der Waals surface area contributed by atoms with Crippen LogP contribution in [0.1, 0.15) is 29.5 Å². The number of hydrogen-bond acceptors (Lipinski definition) is 4. The Labute approximate surface area is 161 Å². The molecule has 0 aliphatic carbocycles. The van der Waals surface area contributed by atoms with Gasteiger partial charge in [-0.25, -0.2) is 4.98 Å². The van der Waals surface area contributed by atoms with Crippen molar-refractivity contribution in [1.29, 1.82) is 0 Å². The molecule has 1 N–H and O–H groups in total. The van der Waals surface area contributed by atoms with E-state index in [1.165, 1.54) is 7.11 Å². The molecule has 0 fully saturated rings. The number of carbonyl (C=O) groups is 1. The van der Waals surface area contributed by atoms with Crippen LogP contribution in [-0.4, -0.2) is 34.4 Å². The predicted molar refractivity (Wildman–Crippen MR) is 105 cm³/mol. The first-order valence-corrected chi connectivity index (χ1v) is 9.02. The van der Waals surface area contributed by atoms with Crippen molar-refractivity contribution in [2.45, 2.75) is 19.9 Å². The minimum atomic E-state index is -0.257. The van der Waals surface area contributed by atoms with E-state index < -0.39 is 0 Å². The summed E-state index contributed by atoms with van der Waals surface area (Å²) < 4.78 is 5.30. The number of benzene rings is 2. The van der Waals surface area contributed by atoms with Crippen molar-refractivity contribution >= 4 is 28.4 Å². The first-order valence-electron chi connectivity index (χ1n) is 8.64. The molecule has 0 atom stereocenters. The van der Waals surface area contributed by atoms with Crippen LogP contribution >= 0.6 is 11.6 Å². The van der Waals surface area contributed by atoms with Gasteiger partial charge in [0.2, 0.25) is 0 Å². The second-order valence-corrected chi connectivity index (χ2v) is 6.54. The van der Waals surface area contributed by atoms with Crippen molar-refractivity contribution in [2.24, 2.45) is 0 Å². The topological polar surface area (TPSA) is 75.3 Å². The standard InChI is InChI=1S/C20H20ClN3O3/c1-3-10-24(20(26)15-6-4-5-7-17(15)27-2)12-18-22-16-11-13(21)8-9-14(16)19(25)23-18/h4-9,11H,3,10,12H2,1-2H3,(H,22,23,25). The van der Waals surface area contributed by atoms with Crippen LogP contribution in [0.2, 0.25) is 5.02 Å². The Kier molecular flexibility index (Phi) is 5.76. The second-order valence-electron chi connectivity index (χ2n) is 6.10. The van der Waals surface area contributed by atoms with Gasteiger partial charge in [-0.3, -0.25) is 9.59 Å². The summed E-state index contributed by atoms with van der Waals surface area (Å²) in [6.45, 7) is 2.69. The van der Waals surface area contributed by atoms with Crippen molar-refractivity contribution < 1.29 is 9.53 Å². The van der Waals surface area contributed by atoms with Gasteiger partial charge in [-0.1, -0.05) is 30.7 Å². The number of halogens is 1. The molecular weight excluding hydrogens is 366 g/mol. The van der Waals surface area contributed by atoms with Crippen molar-refractivity contribution in [3.8, 4) is 5.75 Å². The van der Waals surface area contributed by atoms with Crippen molar-refractivity contribution in [2.75, 3.05) is 13.7 Å². The third-order valence-electron chi connectivity index (χ3n) is 4.18. The van der Waals surface area contributed by atoms with Crippen LogP contribution in [0, 0.1) is 0 Å². The maximum absolute atomic E-state index is 13.0. The van der Waals surface area contributed by atoms with Crippen LogP contribution in [0.15, 0.2) is 47.3 Å². The Morgan fingerprint density at radius 3 is 2.78 bits per heavy atom. The van der Waals surface area contributed by atoms with Gasteiger partial charge in [-0.05, 0) is 36.8 Å².